The van der Waals surface area contributed by atoms with Crippen LogP contribution in [0.15, 0.2) is 29.4 Å². The third kappa shape index (κ3) is 3.20. The molecule has 2 aromatic carbocycles. The lowest BCUT2D eigenvalue weighted by Crippen LogP contribution is -2.19. The smallest absolute Gasteiger partial charge is 0.267 e. The molecule has 0 radical (unpaired) electrons. The number of carbonyl (C=O) groups excluding carboxylic acids is 1. The SMILES string of the molecule is Cc1ccccc1C(=O)N/N=C\c1c(F)c(F)c(F)c(F)c1F. The normalized spacial score (nSPS) is 11.0. The van der Waals surface area contributed by atoms with E-state index in [4.69, 9.17) is 0 Å². The molecule has 120 valence electrons. The van der Waals surface area contributed by atoms with Crippen LogP contribution in [0.1, 0.15) is 21.5 Å². The molecule has 1 amide bonds. The van der Waals surface area contributed by atoms with Crippen molar-refractivity contribution in [3.05, 3.63) is 70.0 Å². The lowest BCUT2D eigenvalue weighted by Gasteiger charge is -2.05. The first-order chi connectivity index (χ1) is 10.8. The number of halogens is 5. The van der Waals surface area contributed by atoms with Gasteiger partial charge in [-0.3, -0.25) is 4.79 Å². The average Bonchev–Trinajstić information content (AvgIpc) is 2.54. The Morgan fingerprint density at radius 1 is 0.957 bits per heavy atom. The first kappa shape index (κ1) is 16.6. The molecule has 0 saturated carbocycles. The molecule has 0 spiro atoms. The van der Waals surface area contributed by atoms with Gasteiger partial charge in [-0.2, -0.15) is 5.10 Å². The first-order valence-corrected chi connectivity index (χ1v) is 6.25. The van der Waals surface area contributed by atoms with Crippen molar-refractivity contribution in [3.63, 3.8) is 0 Å². The molecule has 2 rings (SSSR count). The van der Waals surface area contributed by atoms with Gasteiger partial charge in [-0.15, -0.1) is 0 Å². The molecule has 0 unspecified atom stereocenters. The third-order valence-electron chi connectivity index (χ3n) is 2.99. The van der Waals surface area contributed by atoms with E-state index in [2.05, 4.69) is 5.10 Å². The number of carbonyl (C=O) groups is 1. The quantitative estimate of drug-likeness (QED) is 0.303. The second-order valence-electron chi connectivity index (χ2n) is 4.50. The Kier molecular flexibility index (Phi) is 4.73. The van der Waals surface area contributed by atoms with Crippen molar-refractivity contribution in [2.45, 2.75) is 6.92 Å². The molecule has 3 nitrogen and oxygen atoms in total. The minimum atomic E-state index is -2.26. The van der Waals surface area contributed by atoms with Crippen molar-refractivity contribution >= 4 is 12.1 Å². The first-order valence-electron chi connectivity index (χ1n) is 6.25. The molecule has 0 atom stereocenters. The van der Waals surface area contributed by atoms with E-state index in [1.165, 1.54) is 6.07 Å². The van der Waals surface area contributed by atoms with Crippen LogP contribution >= 0.6 is 0 Å². The summed E-state index contributed by atoms with van der Waals surface area (Å²) in [5.41, 5.74) is 1.58. The molecular weight excluding hydrogens is 319 g/mol. The number of aryl methyl sites for hydroxylation is 1. The van der Waals surface area contributed by atoms with E-state index in [0.29, 0.717) is 11.8 Å². The lowest BCUT2D eigenvalue weighted by atomic mass is 10.1. The van der Waals surface area contributed by atoms with Crippen LogP contribution in [0.4, 0.5) is 22.0 Å². The maximum Gasteiger partial charge on any atom is 0.271 e. The van der Waals surface area contributed by atoms with E-state index >= 15 is 0 Å². The molecule has 0 aliphatic carbocycles. The van der Waals surface area contributed by atoms with Crippen LogP contribution in [-0.2, 0) is 0 Å². The summed E-state index contributed by atoms with van der Waals surface area (Å²) in [6.07, 6.45) is 0.354. The number of hydrazone groups is 1. The Bertz CT molecular complexity index is 776. The molecule has 23 heavy (non-hydrogen) atoms. The van der Waals surface area contributed by atoms with E-state index < -0.39 is 40.6 Å². The standard InChI is InChI=1S/C15H9F5N2O/c1-7-4-2-3-5-8(7)15(23)22-21-6-9-10(16)12(18)14(20)13(19)11(9)17/h2-6H,1H3,(H,22,23)/b21-6-. The van der Waals surface area contributed by atoms with Crippen molar-refractivity contribution in [1.82, 2.24) is 5.43 Å². The molecule has 0 saturated heterocycles. The van der Waals surface area contributed by atoms with Gasteiger partial charge in [0, 0.05) is 5.56 Å². The van der Waals surface area contributed by atoms with Crippen LogP contribution in [0.25, 0.3) is 0 Å². The predicted molar refractivity (Wildman–Crippen MR) is 72.5 cm³/mol. The number of hydrogen-bond acceptors (Lipinski definition) is 2. The lowest BCUT2D eigenvalue weighted by molar-refractivity contribution is 0.0954. The minimum absolute atomic E-state index is 0.252. The summed E-state index contributed by atoms with van der Waals surface area (Å²) in [4.78, 5) is 11.8. The fourth-order valence-corrected chi connectivity index (χ4v) is 1.78. The van der Waals surface area contributed by atoms with Crippen LogP contribution in [0.2, 0.25) is 0 Å². The van der Waals surface area contributed by atoms with Crippen LogP contribution in [0.5, 0.6) is 0 Å². The zero-order valence-electron chi connectivity index (χ0n) is 11.6. The predicted octanol–water partition coefficient (Wildman–Crippen LogP) is 3.45. The van der Waals surface area contributed by atoms with Crippen LogP contribution < -0.4 is 5.43 Å². The molecule has 0 aliphatic heterocycles. The number of rotatable bonds is 3. The third-order valence-corrected chi connectivity index (χ3v) is 2.99. The highest BCUT2D eigenvalue weighted by Crippen LogP contribution is 2.21. The zero-order valence-corrected chi connectivity index (χ0v) is 11.6. The largest absolute Gasteiger partial charge is 0.271 e. The van der Waals surface area contributed by atoms with Gasteiger partial charge < -0.3 is 0 Å². The Balaban J connectivity index is 2.25. The van der Waals surface area contributed by atoms with E-state index in [1.807, 2.05) is 5.43 Å². The summed E-state index contributed by atoms with van der Waals surface area (Å²) < 4.78 is 65.6. The van der Waals surface area contributed by atoms with Gasteiger partial charge in [0.1, 0.15) is 0 Å². The molecule has 8 heteroatoms. The van der Waals surface area contributed by atoms with Crippen molar-refractivity contribution in [2.24, 2.45) is 5.10 Å². The number of nitrogens with zero attached hydrogens (tertiary/aromatic N) is 1. The van der Waals surface area contributed by atoms with Gasteiger partial charge in [-0.25, -0.2) is 27.4 Å². The highest BCUT2D eigenvalue weighted by Gasteiger charge is 2.24. The Hall–Kier alpha value is -2.77. The molecule has 1 N–H and O–H groups in total. The van der Waals surface area contributed by atoms with Crippen molar-refractivity contribution < 1.29 is 26.7 Å². The van der Waals surface area contributed by atoms with Crippen molar-refractivity contribution in [2.75, 3.05) is 0 Å². The van der Waals surface area contributed by atoms with E-state index in [0.717, 1.165) is 0 Å². The van der Waals surface area contributed by atoms with Gasteiger partial charge in [0.15, 0.2) is 23.3 Å². The highest BCUT2D eigenvalue weighted by molar-refractivity contribution is 5.96. The summed E-state index contributed by atoms with van der Waals surface area (Å²) in [5, 5.41) is 3.23. The van der Waals surface area contributed by atoms with Crippen LogP contribution in [0, 0.1) is 36.0 Å². The van der Waals surface area contributed by atoms with E-state index in [1.54, 1.807) is 25.1 Å². The highest BCUT2D eigenvalue weighted by atomic mass is 19.2. The fourth-order valence-electron chi connectivity index (χ4n) is 1.78. The topological polar surface area (TPSA) is 41.5 Å². The Morgan fingerprint density at radius 2 is 1.48 bits per heavy atom. The van der Waals surface area contributed by atoms with Gasteiger partial charge in [0.2, 0.25) is 5.82 Å². The maximum atomic E-state index is 13.4. The molecule has 0 aromatic heterocycles. The second kappa shape index (κ2) is 6.55. The number of benzene rings is 2. The van der Waals surface area contributed by atoms with Crippen molar-refractivity contribution in [1.29, 1.82) is 0 Å². The average molecular weight is 328 g/mol. The Labute approximate surface area is 127 Å². The van der Waals surface area contributed by atoms with Crippen molar-refractivity contribution in [3.8, 4) is 0 Å². The summed E-state index contributed by atoms with van der Waals surface area (Å²) in [7, 11) is 0. The summed E-state index contributed by atoms with van der Waals surface area (Å²) >= 11 is 0. The number of nitrogens with one attached hydrogen (secondary N) is 1. The number of hydrogen-bond donors (Lipinski definition) is 1. The van der Waals surface area contributed by atoms with Crippen LogP contribution in [-0.4, -0.2) is 12.1 Å². The van der Waals surface area contributed by atoms with Gasteiger partial charge in [0.05, 0.1) is 11.8 Å². The molecule has 0 bridgehead atoms. The molecule has 0 fully saturated rings. The Morgan fingerprint density at radius 3 is 2.04 bits per heavy atom. The zero-order chi connectivity index (χ0) is 17.1. The van der Waals surface area contributed by atoms with Gasteiger partial charge >= 0.3 is 0 Å². The van der Waals surface area contributed by atoms with Crippen LogP contribution in [0.3, 0.4) is 0 Å². The summed E-state index contributed by atoms with van der Waals surface area (Å²) in [6, 6.07) is 6.43. The van der Waals surface area contributed by atoms with Gasteiger partial charge in [0.25, 0.3) is 5.91 Å². The summed E-state index contributed by atoms with van der Waals surface area (Å²) in [6.45, 7) is 1.66. The molecule has 2 aromatic rings. The molecule has 0 aliphatic rings. The fraction of sp³-hybridized carbons (Fsp3) is 0.0667. The van der Waals surface area contributed by atoms with E-state index in [-0.39, 0.29) is 5.56 Å². The molecule has 0 heterocycles. The summed E-state index contributed by atoms with van der Waals surface area (Å²) in [5.74, 6) is -11.2. The van der Waals surface area contributed by atoms with Gasteiger partial charge in [-0.05, 0) is 18.6 Å². The van der Waals surface area contributed by atoms with E-state index in [9.17, 15) is 26.7 Å². The number of amides is 1. The van der Waals surface area contributed by atoms with Gasteiger partial charge in [-0.1, -0.05) is 18.2 Å². The maximum absolute atomic E-state index is 13.4. The second-order valence-corrected chi connectivity index (χ2v) is 4.50. The molecular formula is C15H9F5N2O. The monoisotopic (exact) mass is 328 g/mol. The minimum Gasteiger partial charge on any atom is -0.267 e.